The Morgan fingerprint density at radius 3 is 2.56 bits per heavy atom. The number of fused-ring (bicyclic) bond motifs is 1. The number of aromatic nitrogens is 4. The van der Waals surface area contributed by atoms with Crippen LogP contribution in [0.2, 0.25) is 0 Å². The van der Waals surface area contributed by atoms with Gasteiger partial charge in [0.25, 0.3) is 0 Å². The molecule has 1 aliphatic rings. The van der Waals surface area contributed by atoms with Crippen LogP contribution in [-0.4, -0.2) is 19.3 Å². The van der Waals surface area contributed by atoms with Crippen LogP contribution in [0.15, 0.2) is 78.4 Å². The minimum absolute atomic E-state index is 0.111. The van der Waals surface area contributed by atoms with Crippen molar-refractivity contribution in [3.05, 3.63) is 95.4 Å². The highest BCUT2D eigenvalue weighted by Crippen LogP contribution is 2.46. The van der Waals surface area contributed by atoms with Crippen LogP contribution in [0.4, 0.5) is 0 Å². The fourth-order valence-corrected chi connectivity index (χ4v) is 4.27. The molecule has 0 saturated carbocycles. The van der Waals surface area contributed by atoms with Gasteiger partial charge in [-0.3, -0.25) is 0 Å². The fraction of sp³-hybridized carbons (Fsp3) is 0.160. The summed E-state index contributed by atoms with van der Waals surface area (Å²) in [7, 11) is 1.82. The van der Waals surface area contributed by atoms with Crippen molar-refractivity contribution in [2.75, 3.05) is 0 Å². The van der Waals surface area contributed by atoms with Gasteiger partial charge >= 0.3 is 0 Å². The molecular formula is C25H22N6O. The molecule has 2 aromatic carbocycles. The third-order valence-electron chi connectivity index (χ3n) is 5.78. The number of imidazole rings is 1. The van der Waals surface area contributed by atoms with Crippen molar-refractivity contribution in [3.8, 4) is 28.9 Å². The summed E-state index contributed by atoms with van der Waals surface area (Å²) in [5.74, 6) is 1.28. The zero-order chi connectivity index (χ0) is 22.2. The number of allylic oxidation sites excluding steroid dienone is 1. The van der Waals surface area contributed by atoms with Crippen molar-refractivity contribution >= 4 is 0 Å². The van der Waals surface area contributed by atoms with Gasteiger partial charge in [0.15, 0.2) is 0 Å². The van der Waals surface area contributed by atoms with Crippen molar-refractivity contribution in [2.24, 2.45) is 12.8 Å². The van der Waals surface area contributed by atoms with E-state index in [0.29, 0.717) is 11.5 Å². The largest absolute Gasteiger partial charge is 0.422 e. The monoisotopic (exact) mass is 422 g/mol. The highest BCUT2D eigenvalue weighted by atomic mass is 16.5. The Morgan fingerprint density at radius 2 is 1.88 bits per heavy atom. The first kappa shape index (κ1) is 19.6. The zero-order valence-electron chi connectivity index (χ0n) is 17.9. The summed E-state index contributed by atoms with van der Waals surface area (Å²) in [5, 5.41) is 14.7. The van der Waals surface area contributed by atoms with E-state index in [2.05, 4.69) is 22.5 Å². The molecule has 1 aliphatic heterocycles. The molecule has 7 nitrogen and oxygen atoms in total. The molecule has 0 saturated heterocycles. The SMILES string of the molecule is CCc1nccn1-c1ccc(C2C(C#N)=C(N)Oc3c2c(-c2ccccc2)nn3C)cc1. The van der Waals surface area contributed by atoms with Gasteiger partial charge in [-0.2, -0.15) is 10.4 Å². The Hall–Kier alpha value is -4.31. The quantitative estimate of drug-likeness (QED) is 0.535. The van der Waals surface area contributed by atoms with Gasteiger partial charge in [0.05, 0.1) is 11.5 Å². The minimum Gasteiger partial charge on any atom is -0.422 e. The summed E-state index contributed by atoms with van der Waals surface area (Å²) in [5.41, 5.74) is 11.1. The van der Waals surface area contributed by atoms with Gasteiger partial charge in [0, 0.05) is 37.1 Å². The van der Waals surface area contributed by atoms with Crippen LogP contribution >= 0.6 is 0 Å². The summed E-state index contributed by atoms with van der Waals surface area (Å²) in [4.78, 5) is 4.40. The van der Waals surface area contributed by atoms with Crippen LogP contribution in [0, 0.1) is 11.3 Å². The number of rotatable bonds is 4. The number of ether oxygens (including phenoxy) is 1. The predicted octanol–water partition coefficient (Wildman–Crippen LogP) is 4.05. The first-order valence-corrected chi connectivity index (χ1v) is 10.4. The normalized spacial score (nSPS) is 15.2. The molecule has 5 rings (SSSR count). The molecule has 3 heterocycles. The lowest BCUT2D eigenvalue weighted by atomic mass is 9.83. The van der Waals surface area contributed by atoms with E-state index in [-0.39, 0.29) is 11.8 Å². The number of aryl methyl sites for hydroxylation is 2. The molecule has 0 spiro atoms. The van der Waals surface area contributed by atoms with E-state index in [9.17, 15) is 5.26 Å². The maximum Gasteiger partial charge on any atom is 0.224 e. The van der Waals surface area contributed by atoms with E-state index in [0.717, 1.165) is 40.3 Å². The molecule has 2 N–H and O–H groups in total. The van der Waals surface area contributed by atoms with E-state index in [1.54, 1.807) is 10.9 Å². The second-order valence-corrected chi connectivity index (χ2v) is 7.64. The van der Waals surface area contributed by atoms with Crippen LogP contribution in [-0.2, 0) is 13.5 Å². The van der Waals surface area contributed by atoms with Crippen LogP contribution in [0.3, 0.4) is 0 Å². The van der Waals surface area contributed by atoms with Crippen LogP contribution in [0.25, 0.3) is 16.9 Å². The van der Waals surface area contributed by atoms with Crippen molar-refractivity contribution < 1.29 is 4.74 Å². The Morgan fingerprint density at radius 1 is 1.12 bits per heavy atom. The zero-order valence-corrected chi connectivity index (χ0v) is 17.9. The number of nitriles is 1. The fourth-order valence-electron chi connectivity index (χ4n) is 4.27. The summed E-state index contributed by atoms with van der Waals surface area (Å²) in [6, 6.07) is 20.3. The van der Waals surface area contributed by atoms with Gasteiger partial charge in [-0.15, -0.1) is 0 Å². The van der Waals surface area contributed by atoms with E-state index in [1.807, 2.05) is 67.8 Å². The van der Waals surface area contributed by atoms with Crippen molar-refractivity contribution in [1.29, 1.82) is 5.26 Å². The molecule has 2 aromatic heterocycles. The number of hydrogen-bond acceptors (Lipinski definition) is 5. The molecule has 0 amide bonds. The summed E-state index contributed by atoms with van der Waals surface area (Å²) >= 11 is 0. The van der Waals surface area contributed by atoms with E-state index < -0.39 is 0 Å². The van der Waals surface area contributed by atoms with Gasteiger partial charge in [-0.05, 0) is 17.7 Å². The lowest BCUT2D eigenvalue weighted by Crippen LogP contribution is -2.21. The average molecular weight is 422 g/mol. The van der Waals surface area contributed by atoms with Crippen LogP contribution in [0.5, 0.6) is 5.88 Å². The predicted molar refractivity (Wildman–Crippen MR) is 121 cm³/mol. The highest BCUT2D eigenvalue weighted by molar-refractivity contribution is 5.71. The standard InChI is InChI=1S/C25H22N6O/c1-3-20-28-13-14-31(20)18-11-9-16(10-12-18)21-19(15-26)24(27)32-25-22(21)23(29-30(25)2)17-7-5-4-6-8-17/h4-14,21H,3,27H2,1-2H3. The molecular weight excluding hydrogens is 400 g/mol. The number of nitrogens with zero attached hydrogens (tertiary/aromatic N) is 5. The molecule has 1 unspecified atom stereocenters. The summed E-state index contributed by atoms with van der Waals surface area (Å²) in [6.07, 6.45) is 4.59. The van der Waals surface area contributed by atoms with Gasteiger partial charge in [-0.1, -0.05) is 49.4 Å². The van der Waals surface area contributed by atoms with E-state index in [4.69, 9.17) is 15.6 Å². The second-order valence-electron chi connectivity index (χ2n) is 7.64. The molecule has 0 radical (unpaired) electrons. The van der Waals surface area contributed by atoms with Gasteiger partial charge < -0.3 is 15.0 Å². The molecule has 32 heavy (non-hydrogen) atoms. The molecule has 1 atom stereocenters. The summed E-state index contributed by atoms with van der Waals surface area (Å²) in [6.45, 7) is 2.08. The maximum absolute atomic E-state index is 9.95. The van der Waals surface area contributed by atoms with Gasteiger partial charge in [0.1, 0.15) is 23.2 Å². The summed E-state index contributed by atoms with van der Waals surface area (Å²) < 4.78 is 9.60. The van der Waals surface area contributed by atoms with Crippen molar-refractivity contribution in [2.45, 2.75) is 19.3 Å². The number of nitrogens with two attached hydrogens (primary N) is 1. The van der Waals surface area contributed by atoms with Crippen LogP contribution < -0.4 is 10.5 Å². The minimum atomic E-state index is -0.380. The molecule has 0 fully saturated rings. The van der Waals surface area contributed by atoms with Crippen molar-refractivity contribution in [1.82, 2.24) is 19.3 Å². The lowest BCUT2D eigenvalue weighted by molar-refractivity contribution is 0.358. The first-order chi connectivity index (χ1) is 15.6. The maximum atomic E-state index is 9.95. The Balaban J connectivity index is 1.66. The third-order valence-corrected chi connectivity index (χ3v) is 5.78. The third kappa shape index (κ3) is 3.05. The second kappa shape index (κ2) is 7.75. The Labute approximate surface area is 186 Å². The molecule has 0 aliphatic carbocycles. The Kier molecular flexibility index (Phi) is 4.75. The molecule has 0 bridgehead atoms. The topological polar surface area (TPSA) is 94.7 Å². The smallest absolute Gasteiger partial charge is 0.224 e. The number of hydrogen-bond donors (Lipinski definition) is 1. The first-order valence-electron chi connectivity index (χ1n) is 10.4. The van der Waals surface area contributed by atoms with E-state index >= 15 is 0 Å². The van der Waals surface area contributed by atoms with Gasteiger partial charge in [-0.25, -0.2) is 9.67 Å². The molecule has 7 heteroatoms. The lowest BCUT2D eigenvalue weighted by Gasteiger charge is -2.25. The average Bonchev–Trinajstić information content (AvgIpc) is 3.43. The highest BCUT2D eigenvalue weighted by Gasteiger charge is 2.36. The Bertz CT molecular complexity index is 1360. The van der Waals surface area contributed by atoms with Crippen molar-refractivity contribution in [3.63, 3.8) is 0 Å². The van der Waals surface area contributed by atoms with E-state index in [1.165, 1.54) is 0 Å². The molecule has 4 aromatic rings. The number of benzene rings is 2. The van der Waals surface area contributed by atoms with Crippen LogP contribution in [0.1, 0.15) is 29.8 Å². The molecule has 158 valence electrons. The van der Waals surface area contributed by atoms with Gasteiger partial charge in [0.2, 0.25) is 11.8 Å².